The SMILES string of the molecule is [CH2]c1cccc(N(Cc2ccccc2)c2nnn(C)n2)c1. The third-order valence-corrected chi connectivity index (χ3v) is 3.14. The molecule has 1 radical (unpaired) electrons. The smallest absolute Gasteiger partial charge is 0.270 e. The fourth-order valence-corrected chi connectivity index (χ4v) is 2.15. The van der Waals surface area contributed by atoms with Crippen molar-refractivity contribution in [3.05, 3.63) is 72.6 Å². The Bertz CT molecular complexity index is 720. The van der Waals surface area contributed by atoms with Gasteiger partial charge < -0.3 is 4.90 Å². The minimum absolute atomic E-state index is 0.576. The zero-order chi connectivity index (χ0) is 14.7. The average molecular weight is 278 g/mol. The van der Waals surface area contributed by atoms with Crippen LogP contribution >= 0.6 is 0 Å². The topological polar surface area (TPSA) is 46.8 Å². The molecule has 21 heavy (non-hydrogen) atoms. The van der Waals surface area contributed by atoms with Crippen LogP contribution in [0.25, 0.3) is 0 Å². The fraction of sp³-hybridized carbons (Fsp3) is 0.125. The maximum absolute atomic E-state index is 4.31. The number of hydrogen-bond acceptors (Lipinski definition) is 4. The normalized spacial score (nSPS) is 10.6. The molecular formula is C16H16N5. The molecule has 0 aliphatic carbocycles. The van der Waals surface area contributed by atoms with Crippen LogP contribution in [0.4, 0.5) is 11.6 Å². The molecule has 0 saturated heterocycles. The maximum Gasteiger partial charge on any atom is 0.270 e. The maximum atomic E-state index is 4.31. The Balaban J connectivity index is 1.99. The molecule has 0 fully saturated rings. The van der Waals surface area contributed by atoms with Crippen LogP contribution in [0.2, 0.25) is 0 Å². The molecule has 0 unspecified atom stereocenters. The Morgan fingerprint density at radius 1 is 1.10 bits per heavy atom. The lowest BCUT2D eigenvalue weighted by Crippen LogP contribution is -2.18. The van der Waals surface area contributed by atoms with Crippen LogP contribution < -0.4 is 4.90 Å². The van der Waals surface area contributed by atoms with E-state index in [0.717, 1.165) is 11.3 Å². The Kier molecular flexibility index (Phi) is 3.64. The standard InChI is InChI=1S/C16H16N5/c1-13-7-6-10-15(11-13)21(16-17-19-20(2)18-16)12-14-8-4-3-5-9-14/h3-11H,1,12H2,2H3. The molecule has 0 aliphatic rings. The van der Waals surface area contributed by atoms with E-state index >= 15 is 0 Å². The van der Waals surface area contributed by atoms with Gasteiger partial charge in [0.2, 0.25) is 0 Å². The molecule has 105 valence electrons. The first-order valence-corrected chi connectivity index (χ1v) is 6.70. The highest BCUT2D eigenvalue weighted by molar-refractivity contribution is 5.58. The van der Waals surface area contributed by atoms with E-state index in [1.54, 1.807) is 7.05 Å². The summed E-state index contributed by atoms with van der Waals surface area (Å²) < 4.78 is 0. The van der Waals surface area contributed by atoms with Gasteiger partial charge in [-0.1, -0.05) is 47.6 Å². The van der Waals surface area contributed by atoms with Gasteiger partial charge in [-0.25, -0.2) is 0 Å². The molecule has 0 bridgehead atoms. The minimum atomic E-state index is 0.576. The van der Waals surface area contributed by atoms with Crippen LogP contribution in [-0.2, 0) is 13.6 Å². The molecule has 0 atom stereocenters. The summed E-state index contributed by atoms with van der Waals surface area (Å²) in [5.74, 6) is 0.576. The zero-order valence-electron chi connectivity index (χ0n) is 11.8. The first-order valence-electron chi connectivity index (χ1n) is 6.70. The van der Waals surface area contributed by atoms with Crippen molar-refractivity contribution < 1.29 is 0 Å². The van der Waals surface area contributed by atoms with Gasteiger partial charge in [0.15, 0.2) is 0 Å². The van der Waals surface area contributed by atoms with Gasteiger partial charge in [0.1, 0.15) is 0 Å². The number of aromatic nitrogens is 4. The Labute approximate surface area is 123 Å². The number of tetrazole rings is 1. The van der Waals surface area contributed by atoms with Crippen molar-refractivity contribution in [2.24, 2.45) is 7.05 Å². The van der Waals surface area contributed by atoms with Gasteiger partial charge in [-0.15, -0.1) is 5.10 Å². The molecule has 1 heterocycles. The van der Waals surface area contributed by atoms with Crippen molar-refractivity contribution in [2.75, 3.05) is 4.90 Å². The van der Waals surface area contributed by atoms with Crippen LogP contribution in [0, 0.1) is 6.92 Å². The lowest BCUT2D eigenvalue weighted by molar-refractivity contribution is 0.629. The molecular weight excluding hydrogens is 262 g/mol. The van der Waals surface area contributed by atoms with Gasteiger partial charge in [-0.2, -0.15) is 4.80 Å². The third kappa shape index (κ3) is 3.08. The second-order valence-electron chi connectivity index (χ2n) is 4.82. The summed E-state index contributed by atoms with van der Waals surface area (Å²) in [5.41, 5.74) is 3.13. The zero-order valence-corrected chi connectivity index (χ0v) is 11.8. The largest absolute Gasteiger partial charge is 0.303 e. The first-order chi connectivity index (χ1) is 10.2. The molecule has 3 rings (SSSR count). The van der Waals surface area contributed by atoms with E-state index in [0.29, 0.717) is 12.5 Å². The van der Waals surface area contributed by atoms with Gasteiger partial charge in [0.25, 0.3) is 5.95 Å². The highest BCUT2D eigenvalue weighted by Crippen LogP contribution is 2.24. The van der Waals surface area contributed by atoms with E-state index in [2.05, 4.69) is 34.5 Å². The number of rotatable bonds is 4. The molecule has 0 aliphatic heterocycles. The van der Waals surface area contributed by atoms with Crippen molar-refractivity contribution in [1.29, 1.82) is 0 Å². The predicted molar refractivity (Wildman–Crippen MR) is 82.0 cm³/mol. The van der Waals surface area contributed by atoms with Crippen LogP contribution in [0.3, 0.4) is 0 Å². The Hall–Kier alpha value is -2.69. The highest BCUT2D eigenvalue weighted by Gasteiger charge is 2.15. The second-order valence-corrected chi connectivity index (χ2v) is 4.82. The molecule has 2 aromatic carbocycles. The van der Waals surface area contributed by atoms with Crippen LogP contribution in [0.5, 0.6) is 0 Å². The van der Waals surface area contributed by atoms with Gasteiger partial charge in [0.05, 0.1) is 13.6 Å². The van der Waals surface area contributed by atoms with Crippen LogP contribution in [0.1, 0.15) is 11.1 Å². The molecule has 0 saturated carbocycles. The summed E-state index contributed by atoms with van der Waals surface area (Å²) in [6, 6.07) is 18.2. The molecule has 0 amide bonds. The van der Waals surface area contributed by atoms with Gasteiger partial charge in [-0.3, -0.25) is 0 Å². The van der Waals surface area contributed by atoms with E-state index < -0.39 is 0 Å². The van der Waals surface area contributed by atoms with E-state index in [1.165, 1.54) is 10.4 Å². The molecule has 5 nitrogen and oxygen atoms in total. The Morgan fingerprint density at radius 3 is 2.57 bits per heavy atom. The molecule has 1 aromatic heterocycles. The molecule has 3 aromatic rings. The number of benzene rings is 2. The lowest BCUT2D eigenvalue weighted by atomic mass is 10.1. The van der Waals surface area contributed by atoms with Crippen LogP contribution in [0.15, 0.2) is 54.6 Å². The summed E-state index contributed by atoms with van der Waals surface area (Å²) >= 11 is 0. The average Bonchev–Trinajstić information content (AvgIpc) is 2.92. The lowest BCUT2D eigenvalue weighted by Gasteiger charge is -2.21. The number of anilines is 2. The van der Waals surface area contributed by atoms with E-state index in [4.69, 9.17) is 0 Å². The number of aryl methyl sites for hydroxylation is 1. The summed E-state index contributed by atoms with van der Waals surface area (Å²) in [5, 5.41) is 12.4. The molecule has 0 N–H and O–H groups in total. The summed E-state index contributed by atoms with van der Waals surface area (Å²) in [4.78, 5) is 3.48. The summed E-state index contributed by atoms with van der Waals surface area (Å²) in [7, 11) is 1.76. The first kappa shape index (κ1) is 13.3. The monoisotopic (exact) mass is 278 g/mol. The fourth-order valence-electron chi connectivity index (χ4n) is 2.15. The van der Waals surface area contributed by atoms with Gasteiger partial charge in [-0.05, 0) is 35.4 Å². The minimum Gasteiger partial charge on any atom is -0.303 e. The van der Waals surface area contributed by atoms with Crippen molar-refractivity contribution in [3.63, 3.8) is 0 Å². The van der Waals surface area contributed by atoms with Crippen LogP contribution in [-0.4, -0.2) is 20.2 Å². The van der Waals surface area contributed by atoms with E-state index in [1.807, 2.05) is 47.4 Å². The Morgan fingerprint density at radius 2 is 1.90 bits per heavy atom. The number of nitrogens with zero attached hydrogens (tertiary/aromatic N) is 5. The van der Waals surface area contributed by atoms with E-state index in [-0.39, 0.29) is 0 Å². The van der Waals surface area contributed by atoms with Crippen molar-refractivity contribution in [3.8, 4) is 0 Å². The molecule has 0 spiro atoms. The van der Waals surface area contributed by atoms with Gasteiger partial charge in [0, 0.05) is 5.69 Å². The predicted octanol–water partition coefficient (Wildman–Crippen LogP) is 2.73. The summed E-state index contributed by atoms with van der Waals surface area (Å²) in [6.45, 7) is 4.66. The third-order valence-electron chi connectivity index (χ3n) is 3.14. The van der Waals surface area contributed by atoms with E-state index in [9.17, 15) is 0 Å². The molecule has 5 heteroatoms. The second kappa shape index (κ2) is 5.75. The summed E-state index contributed by atoms with van der Waals surface area (Å²) in [6.07, 6.45) is 0. The van der Waals surface area contributed by atoms with Gasteiger partial charge >= 0.3 is 0 Å². The quantitative estimate of drug-likeness (QED) is 0.736. The number of hydrogen-bond donors (Lipinski definition) is 0. The van der Waals surface area contributed by atoms with Crippen molar-refractivity contribution >= 4 is 11.6 Å². The van der Waals surface area contributed by atoms with Crippen molar-refractivity contribution in [1.82, 2.24) is 20.2 Å². The van der Waals surface area contributed by atoms with Crippen molar-refractivity contribution in [2.45, 2.75) is 6.54 Å². The highest BCUT2D eigenvalue weighted by atomic mass is 15.6.